The summed E-state index contributed by atoms with van der Waals surface area (Å²) >= 11 is 12.0. The Morgan fingerprint density at radius 3 is 2.00 bits per heavy atom. The van der Waals surface area contributed by atoms with Crippen LogP contribution in [0.15, 0.2) is 0 Å². The van der Waals surface area contributed by atoms with Crippen LogP contribution < -0.4 is 0 Å². The van der Waals surface area contributed by atoms with Crippen LogP contribution in [0.3, 0.4) is 0 Å². The first kappa shape index (κ1) is 5.79. The van der Waals surface area contributed by atoms with Gasteiger partial charge in [-0.2, -0.15) is 12.6 Å². The average Bonchev–Trinajstić information content (AvgIpc) is 1.38. The van der Waals surface area contributed by atoms with Crippen molar-refractivity contribution in [1.82, 2.24) is 0 Å². The highest BCUT2D eigenvalue weighted by molar-refractivity contribution is 8.12. The normalized spacial score (nSPS) is 7.60. The number of hydrogen-bond donors (Lipinski definition) is 2. The fraction of sp³-hybridized carbons (Fsp3) is 0.500. The average molecular weight is 124 g/mol. The van der Waals surface area contributed by atoms with E-state index < -0.39 is 0 Å². The molecule has 0 rings (SSSR count). The Kier molecular flexibility index (Phi) is 3.47. The fourth-order valence-corrected chi connectivity index (χ4v) is 0. The van der Waals surface area contributed by atoms with Crippen molar-refractivity contribution >= 4 is 41.7 Å². The van der Waals surface area contributed by atoms with Gasteiger partial charge in [0.1, 0.15) is 0 Å². The third-order valence-electron chi connectivity index (χ3n) is 0.135. The van der Waals surface area contributed by atoms with Gasteiger partial charge in [0.15, 0.2) is 0 Å². The van der Waals surface area contributed by atoms with Crippen LogP contribution in [0, 0.1) is 0 Å². The second kappa shape index (κ2) is 3.00. The van der Waals surface area contributed by atoms with Gasteiger partial charge in [-0.15, -0.1) is 12.6 Å². The number of rotatable bonds is 1. The minimum atomic E-state index is 0.596. The van der Waals surface area contributed by atoms with Gasteiger partial charge in [-0.25, -0.2) is 0 Å². The van der Waals surface area contributed by atoms with Gasteiger partial charge < -0.3 is 0 Å². The van der Waals surface area contributed by atoms with E-state index in [0.717, 1.165) is 0 Å². The molecule has 30 valence electrons. The van der Waals surface area contributed by atoms with E-state index in [1.807, 2.05) is 0 Å². The smallest absolute Gasteiger partial charge is 0.0544 e. The summed E-state index contributed by atoms with van der Waals surface area (Å²) in [6.07, 6.45) is 0. The van der Waals surface area contributed by atoms with Crippen molar-refractivity contribution in [2.75, 3.05) is 5.75 Å². The van der Waals surface area contributed by atoms with E-state index in [0.29, 0.717) is 9.95 Å². The number of thiocarbonyl (C=S) groups is 1. The molecule has 0 aliphatic heterocycles. The Morgan fingerprint density at radius 2 is 2.00 bits per heavy atom. The molecule has 0 saturated heterocycles. The Morgan fingerprint density at radius 1 is 1.80 bits per heavy atom. The van der Waals surface area contributed by atoms with Crippen LogP contribution in [0.25, 0.3) is 0 Å². The maximum absolute atomic E-state index is 4.48. The summed E-state index contributed by atoms with van der Waals surface area (Å²) in [7, 11) is 0. The van der Waals surface area contributed by atoms with Crippen molar-refractivity contribution in [1.29, 1.82) is 0 Å². The molecule has 0 nitrogen and oxygen atoms in total. The molecule has 0 amide bonds. The lowest BCUT2D eigenvalue weighted by molar-refractivity contribution is 2.18. The van der Waals surface area contributed by atoms with Gasteiger partial charge in [-0.1, -0.05) is 12.2 Å². The lowest BCUT2D eigenvalue weighted by Gasteiger charge is -1.74. The Hall–Kier alpha value is 0.790. The molecule has 0 fully saturated rings. The maximum Gasteiger partial charge on any atom is 0.0544 e. The monoisotopic (exact) mass is 124 g/mol. The summed E-state index contributed by atoms with van der Waals surface area (Å²) in [6.45, 7) is 0. The van der Waals surface area contributed by atoms with Crippen LogP contribution in [0.2, 0.25) is 0 Å². The summed E-state index contributed by atoms with van der Waals surface area (Å²) in [5.41, 5.74) is 0. The molecule has 0 aliphatic rings. The molecule has 0 radical (unpaired) electrons. The second-order valence-electron chi connectivity index (χ2n) is 0.552. The molecule has 0 heterocycles. The van der Waals surface area contributed by atoms with Gasteiger partial charge in [-0.3, -0.25) is 0 Å². The van der Waals surface area contributed by atoms with Crippen molar-refractivity contribution in [3.63, 3.8) is 0 Å². The first-order chi connectivity index (χ1) is 2.27. The fourth-order valence-electron chi connectivity index (χ4n) is 0. The molecular weight excluding hydrogens is 120 g/mol. The zero-order valence-electron chi connectivity index (χ0n) is 2.51. The van der Waals surface area contributed by atoms with Crippen LogP contribution in [-0.4, -0.2) is 9.95 Å². The summed E-state index contributed by atoms with van der Waals surface area (Å²) in [6, 6.07) is 0. The van der Waals surface area contributed by atoms with E-state index in [2.05, 4.69) is 37.5 Å². The first-order valence-electron chi connectivity index (χ1n) is 1.10. The predicted molar refractivity (Wildman–Crippen MR) is 35.4 cm³/mol. The summed E-state index contributed by atoms with van der Waals surface area (Å²) < 4.78 is 0.647. The Bertz CT molecular complexity index is 40.2. The SMILES string of the molecule is S=C(S)CS. The molecule has 0 saturated carbocycles. The third kappa shape index (κ3) is 4.79. The number of thiol groups is 2. The van der Waals surface area contributed by atoms with Crippen LogP contribution in [-0.2, 0) is 0 Å². The summed E-state index contributed by atoms with van der Waals surface area (Å²) in [5.74, 6) is 0.596. The minimum Gasteiger partial charge on any atom is -0.173 e. The Labute approximate surface area is 47.8 Å². The molecule has 3 heteroatoms. The van der Waals surface area contributed by atoms with Crippen molar-refractivity contribution in [2.45, 2.75) is 0 Å². The Balaban J connectivity index is 2.85. The van der Waals surface area contributed by atoms with Crippen molar-refractivity contribution in [3.8, 4) is 0 Å². The molecule has 0 spiro atoms. The van der Waals surface area contributed by atoms with Gasteiger partial charge in [-0.05, 0) is 0 Å². The molecular formula is C2H4S3. The van der Waals surface area contributed by atoms with Crippen LogP contribution >= 0.6 is 37.5 Å². The summed E-state index contributed by atoms with van der Waals surface area (Å²) in [5, 5.41) is 0. The molecule has 0 aromatic heterocycles. The minimum absolute atomic E-state index is 0.596. The van der Waals surface area contributed by atoms with E-state index in [4.69, 9.17) is 0 Å². The van der Waals surface area contributed by atoms with Gasteiger partial charge >= 0.3 is 0 Å². The highest BCUT2D eigenvalue weighted by Crippen LogP contribution is 1.83. The van der Waals surface area contributed by atoms with Gasteiger partial charge in [0.05, 0.1) is 4.20 Å². The van der Waals surface area contributed by atoms with Crippen molar-refractivity contribution in [3.05, 3.63) is 0 Å². The quantitative estimate of drug-likeness (QED) is 0.391. The van der Waals surface area contributed by atoms with Gasteiger partial charge in [0.2, 0.25) is 0 Å². The van der Waals surface area contributed by atoms with Crippen LogP contribution in [0.5, 0.6) is 0 Å². The molecule has 0 N–H and O–H groups in total. The third-order valence-corrected chi connectivity index (χ3v) is 1.22. The second-order valence-corrected chi connectivity index (χ2v) is 2.20. The first-order valence-corrected chi connectivity index (χ1v) is 2.59. The standard InChI is InChI=1S/C2H4S3/c3-1-2(4)5/h3H,1H2,(H,4,5). The lowest BCUT2D eigenvalue weighted by atomic mass is 11.0. The molecule has 0 aromatic carbocycles. The predicted octanol–water partition coefficient (Wildman–Crippen LogP) is 1.17. The molecule has 0 aliphatic carbocycles. The highest BCUT2D eigenvalue weighted by Gasteiger charge is 1.73. The highest BCUT2D eigenvalue weighted by atomic mass is 32.1. The van der Waals surface area contributed by atoms with Gasteiger partial charge in [0.25, 0.3) is 0 Å². The largest absolute Gasteiger partial charge is 0.173 e. The van der Waals surface area contributed by atoms with Crippen LogP contribution in [0.4, 0.5) is 0 Å². The van der Waals surface area contributed by atoms with Crippen molar-refractivity contribution in [2.24, 2.45) is 0 Å². The van der Waals surface area contributed by atoms with E-state index in [1.165, 1.54) is 0 Å². The van der Waals surface area contributed by atoms with Crippen LogP contribution in [0.1, 0.15) is 0 Å². The number of hydrogen-bond acceptors (Lipinski definition) is 2. The zero-order chi connectivity index (χ0) is 4.28. The van der Waals surface area contributed by atoms with Gasteiger partial charge in [0, 0.05) is 5.75 Å². The molecule has 0 aromatic rings. The molecule has 5 heavy (non-hydrogen) atoms. The van der Waals surface area contributed by atoms with E-state index >= 15 is 0 Å². The summed E-state index contributed by atoms with van der Waals surface area (Å²) in [4.78, 5) is 0. The topological polar surface area (TPSA) is 0 Å². The zero-order valence-corrected chi connectivity index (χ0v) is 5.12. The molecule has 0 unspecified atom stereocenters. The lowest BCUT2D eigenvalue weighted by Crippen LogP contribution is -1.77. The van der Waals surface area contributed by atoms with Crippen molar-refractivity contribution < 1.29 is 0 Å². The van der Waals surface area contributed by atoms with E-state index in [9.17, 15) is 0 Å². The van der Waals surface area contributed by atoms with E-state index in [1.54, 1.807) is 0 Å². The van der Waals surface area contributed by atoms with E-state index in [-0.39, 0.29) is 0 Å². The maximum atomic E-state index is 4.48. The molecule has 0 atom stereocenters. The molecule has 0 bridgehead atoms.